The lowest BCUT2D eigenvalue weighted by Crippen LogP contribution is -2.04. The first-order chi connectivity index (χ1) is 6.67. The summed E-state index contributed by atoms with van der Waals surface area (Å²) in [4.78, 5) is 8.27. The highest BCUT2D eigenvalue weighted by atomic mass is 14.8. The molecule has 2 nitrogen and oxygen atoms in total. The Morgan fingerprint density at radius 1 is 1.42 bits per heavy atom. The zero-order valence-electron chi connectivity index (χ0n) is 8.57. The van der Waals surface area contributed by atoms with Gasteiger partial charge in [-0.15, -0.1) is 0 Å². The van der Waals surface area contributed by atoms with E-state index in [0.29, 0.717) is 12.1 Å². The van der Waals surface area contributed by atoms with Crippen molar-refractivity contribution in [2.75, 3.05) is 0 Å². The van der Waals surface area contributed by atoms with Gasteiger partial charge in [-0.05, 0) is 24.9 Å². The van der Waals surface area contributed by atoms with E-state index in [0.717, 1.165) is 5.69 Å². The summed E-state index contributed by atoms with van der Waals surface area (Å²) in [6.07, 6.45) is 3.66. The molecule has 0 saturated carbocycles. The number of allylic oxidation sites excluding steroid dienone is 1. The fourth-order valence-electron chi connectivity index (χ4n) is 1.07. The van der Waals surface area contributed by atoms with Crippen LogP contribution in [0.4, 0.5) is 0 Å². The topological polar surface area (TPSA) is 25.2 Å². The molecule has 0 aromatic carbocycles. The van der Waals surface area contributed by atoms with Crippen molar-refractivity contribution in [3.63, 3.8) is 0 Å². The molecule has 1 aromatic heterocycles. The van der Waals surface area contributed by atoms with Crippen molar-refractivity contribution in [2.45, 2.75) is 12.8 Å². The van der Waals surface area contributed by atoms with Gasteiger partial charge in [0.15, 0.2) is 0 Å². The molecule has 1 aromatic rings. The maximum Gasteiger partial charge on any atom is 0.0844 e. The molecule has 2 heterocycles. The number of pyridine rings is 1. The van der Waals surface area contributed by atoms with Gasteiger partial charge in [0, 0.05) is 15.1 Å². The van der Waals surface area contributed by atoms with Gasteiger partial charge in [0.2, 0.25) is 0 Å². The Morgan fingerprint density at radius 3 is 3.17 bits per heavy atom. The van der Waals surface area contributed by atoms with Crippen molar-refractivity contribution >= 4 is 5.71 Å². The lowest BCUT2D eigenvalue weighted by atomic mass is 10.1. The molecule has 60 valence electrons. The summed E-state index contributed by atoms with van der Waals surface area (Å²) < 4.78 is 15.2. The summed E-state index contributed by atoms with van der Waals surface area (Å²) in [6, 6.07) is 5.55. The fraction of sp³-hybridized carbons (Fsp3) is 0.200. The average Bonchev–Trinajstić information content (AvgIpc) is 2.18. The van der Waals surface area contributed by atoms with Gasteiger partial charge in [-0.3, -0.25) is 9.98 Å². The molecular formula is C10H10N2. The van der Waals surface area contributed by atoms with E-state index in [1.807, 2.05) is 18.2 Å². The number of aromatic nitrogens is 1. The normalized spacial score (nSPS) is 22.5. The van der Waals surface area contributed by atoms with E-state index in [4.69, 9.17) is 2.74 Å². The molecule has 0 N–H and O–H groups in total. The highest BCUT2D eigenvalue weighted by Crippen LogP contribution is 2.08. The van der Waals surface area contributed by atoms with Crippen LogP contribution in [0.25, 0.3) is 0 Å². The molecule has 0 saturated heterocycles. The van der Waals surface area contributed by atoms with E-state index in [2.05, 4.69) is 9.98 Å². The minimum Gasteiger partial charge on any atom is -0.259 e. The van der Waals surface area contributed by atoms with Gasteiger partial charge >= 0.3 is 0 Å². The van der Waals surface area contributed by atoms with Crippen LogP contribution in [-0.2, 0) is 0 Å². The van der Waals surface area contributed by atoms with Crippen molar-refractivity contribution in [1.29, 1.82) is 0 Å². The third-order valence-corrected chi connectivity index (χ3v) is 1.65. The molecule has 0 spiro atoms. The molecule has 0 bridgehead atoms. The monoisotopic (exact) mass is 160 g/mol. The van der Waals surface area contributed by atoms with Gasteiger partial charge in [0.1, 0.15) is 0 Å². The number of aliphatic imine (C=N–C) groups is 1. The van der Waals surface area contributed by atoms with Crippen LogP contribution in [0.5, 0.6) is 0 Å². The molecule has 0 radical (unpaired) electrons. The van der Waals surface area contributed by atoms with E-state index in [1.165, 1.54) is 12.3 Å². The zero-order valence-corrected chi connectivity index (χ0v) is 6.57. The van der Waals surface area contributed by atoms with Crippen molar-refractivity contribution in [1.82, 2.24) is 4.98 Å². The quantitative estimate of drug-likeness (QED) is 0.618. The minimum absolute atomic E-state index is 0.292. The number of rotatable bonds is 1. The van der Waals surface area contributed by atoms with Gasteiger partial charge in [-0.25, -0.2) is 0 Å². The van der Waals surface area contributed by atoms with Gasteiger partial charge in [-0.2, -0.15) is 0 Å². The van der Waals surface area contributed by atoms with Crippen LogP contribution in [0.3, 0.4) is 0 Å². The largest absolute Gasteiger partial charge is 0.259 e. The van der Waals surface area contributed by atoms with Crippen LogP contribution < -0.4 is 0 Å². The highest BCUT2D eigenvalue weighted by molar-refractivity contribution is 5.99. The molecule has 12 heavy (non-hydrogen) atoms. The van der Waals surface area contributed by atoms with Crippen LogP contribution in [0, 0.1) is 0 Å². The summed E-state index contributed by atoms with van der Waals surface area (Å²) in [6.45, 7) is 0. The Hall–Kier alpha value is -1.44. The summed E-state index contributed by atoms with van der Waals surface area (Å²) in [7, 11) is 0. The van der Waals surface area contributed by atoms with E-state index in [-0.39, 0.29) is 0 Å². The molecule has 2 heteroatoms. The van der Waals surface area contributed by atoms with E-state index in [9.17, 15) is 0 Å². The molecule has 2 rings (SSSR count). The second kappa shape index (κ2) is 3.30. The average molecular weight is 160 g/mol. The first-order valence-electron chi connectivity index (χ1n) is 4.83. The van der Waals surface area contributed by atoms with Crippen LogP contribution in [0.15, 0.2) is 41.7 Å². The summed E-state index contributed by atoms with van der Waals surface area (Å²) in [5.74, 6) is 0. The number of hydrogen-bond donors (Lipinski definition) is 0. The molecule has 0 fully saturated rings. The number of nitrogens with zero attached hydrogens (tertiary/aromatic N) is 2. The lowest BCUT2D eigenvalue weighted by molar-refractivity contribution is 1.05. The first kappa shape index (κ1) is 5.25. The van der Waals surface area contributed by atoms with Gasteiger partial charge in [0.05, 0.1) is 11.4 Å². The standard InChI is InChI=1S/C10H10N2/c1-3-7-11-9(5-1)10-6-2-4-8-12-10/h1,3-5,7-8H,2,6H2/i2D2. The summed E-state index contributed by atoms with van der Waals surface area (Å²) in [5.41, 5.74) is 1.46. The Morgan fingerprint density at radius 2 is 2.42 bits per heavy atom. The van der Waals surface area contributed by atoms with Crippen molar-refractivity contribution < 1.29 is 2.74 Å². The van der Waals surface area contributed by atoms with Crippen LogP contribution in [-0.4, -0.2) is 10.7 Å². The second-order valence-electron chi connectivity index (χ2n) is 2.49. The first-order valence-corrected chi connectivity index (χ1v) is 3.83. The lowest BCUT2D eigenvalue weighted by Gasteiger charge is -2.05. The van der Waals surface area contributed by atoms with E-state index < -0.39 is 6.37 Å². The Labute approximate surface area is 74.5 Å². The highest BCUT2D eigenvalue weighted by Gasteiger charge is 2.04. The van der Waals surface area contributed by atoms with Crippen LogP contribution in [0.1, 0.15) is 21.2 Å². The summed E-state index contributed by atoms with van der Waals surface area (Å²) >= 11 is 0. The maximum absolute atomic E-state index is 7.58. The predicted molar refractivity (Wildman–Crippen MR) is 49.1 cm³/mol. The molecule has 1 aliphatic rings. The predicted octanol–water partition coefficient (Wildman–Crippen LogP) is 2.18. The SMILES string of the molecule is [2H]C1([2H])C=CN=C(c2ccccn2)C1. The minimum atomic E-state index is -1.30. The van der Waals surface area contributed by atoms with Crippen molar-refractivity contribution in [3.8, 4) is 0 Å². The zero-order chi connectivity index (χ0) is 10.0. The summed E-state index contributed by atoms with van der Waals surface area (Å²) in [5, 5.41) is 0. The van der Waals surface area contributed by atoms with Crippen molar-refractivity contribution in [3.05, 3.63) is 42.4 Å². The smallest absolute Gasteiger partial charge is 0.0844 e. The second-order valence-corrected chi connectivity index (χ2v) is 2.49. The molecular weight excluding hydrogens is 148 g/mol. The van der Waals surface area contributed by atoms with Crippen molar-refractivity contribution in [2.24, 2.45) is 4.99 Å². The van der Waals surface area contributed by atoms with Gasteiger partial charge in [-0.1, -0.05) is 12.1 Å². The van der Waals surface area contributed by atoms with Gasteiger partial charge in [0.25, 0.3) is 0 Å². The molecule has 0 atom stereocenters. The molecule has 0 amide bonds. The Kier molecular flexibility index (Phi) is 1.45. The van der Waals surface area contributed by atoms with E-state index in [1.54, 1.807) is 6.20 Å². The maximum atomic E-state index is 7.58. The number of hydrogen-bond acceptors (Lipinski definition) is 2. The molecule has 0 aliphatic carbocycles. The fourth-order valence-corrected chi connectivity index (χ4v) is 1.07. The van der Waals surface area contributed by atoms with E-state index >= 15 is 0 Å². The molecule has 1 aliphatic heterocycles. The molecule has 0 unspecified atom stereocenters. The van der Waals surface area contributed by atoms with Crippen LogP contribution >= 0.6 is 0 Å². The van der Waals surface area contributed by atoms with Gasteiger partial charge < -0.3 is 0 Å². The third kappa shape index (κ3) is 1.42. The Balaban J connectivity index is 2.30. The Bertz CT molecular complexity index is 382. The van der Waals surface area contributed by atoms with Crippen LogP contribution in [0.2, 0.25) is 0 Å². The third-order valence-electron chi connectivity index (χ3n) is 1.65.